The summed E-state index contributed by atoms with van der Waals surface area (Å²) >= 11 is 7.51. The Hall–Kier alpha value is -3.36. The lowest BCUT2D eigenvalue weighted by molar-refractivity contribution is -0.385. The molecular weight excluding hydrogens is 426 g/mol. The average Bonchev–Trinajstić information content (AvgIpc) is 2.77. The molecule has 152 valence electrons. The highest BCUT2D eigenvalue weighted by atomic mass is 35.5. The number of hydrogen-bond acceptors (Lipinski definition) is 5. The second kappa shape index (κ2) is 9.91. The van der Waals surface area contributed by atoms with Gasteiger partial charge in [-0.05, 0) is 48.0 Å². The highest BCUT2D eigenvalue weighted by Crippen LogP contribution is 2.24. The number of carbonyl (C=O) groups is 2. The Bertz CT molecular complexity index is 1070. The number of benzene rings is 3. The number of para-hydroxylation sites is 1. The van der Waals surface area contributed by atoms with Gasteiger partial charge in [0.1, 0.15) is 5.56 Å². The third-order valence-corrected chi connectivity index (χ3v) is 5.41. The molecule has 0 aromatic heterocycles. The van der Waals surface area contributed by atoms with E-state index in [1.807, 2.05) is 36.4 Å². The van der Waals surface area contributed by atoms with E-state index < -0.39 is 16.7 Å². The molecule has 0 aliphatic carbocycles. The maximum absolute atomic E-state index is 12.2. The Balaban J connectivity index is 1.55. The molecule has 0 unspecified atom stereocenters. The van der Waals surface area contributed by atoms with Crippen LogP contribution in [0.2, 0.25) is 5.02 Å². The van der Waals surface area contributed by atoms with Crippen molar-refractivity contribution in [2.75, 3.05) is 0 Å². The second-order valence-corrected chi connectivity index (χ2v) is 7.61. The minimum absolute atomic E-state index is 0.141. The number of nitrogens with one attached hydrogen (secondary N) is 2. The van der Waals surface area contributed by atoms with E-state index in [4.69, 9.17) is 11.6 Å². The van der Waals surface area contributed by atoms with Crippen LogP contribution in [0.5, 0.6) is 0 Å². The summed E-state index contributed by atoms with van der Waals surface area (Å²) in [4.78, 5) is 35.8. The molecule has 0 radical (unpaired) electrons. The smallest absolute Gasteiger partial charge is 0.267 e. The number of thioether (sulfide) groups is 1. The highest BCUT2D eigenvalue weighted by molar-refractivity contribution is 7.98. The van der Waals surface area contributed by atoms with Crippen molar-refractivity contribution in [2.45, 2.75) is 10.6 Å². The zero-order chi connectivity index (χ0) is 21.5. The van der Waals surface area contributed by atoms with Crippen LogP contribution in [0.25, 0.3) is 0 Å². The fourth-order valence-corrected chi connectivity index (χ4v) is 3.51. The standard InChI is InChI=1S/C21H16ClN3O4S/c22-16-9-11-17(12-10-16)30-13-14-5-7-15(8-6-14)20(26)23-24-21(27)18-3-1-2-4-19(18)25(28)29/h1-12H,13H2,(H,23,26)(H,24,27). The molecule has 3 aromatic rings. The predicted molar refractivity (Wildman–Crippen MR) is 115 cm³/mol. The third-order valence-electron chi connectivity index (χ3n) is 4.07. The summed E-state index contributed by atoms with van der Waals surface area (Å²) < 4.78 is 0. The van der Waals surface area contributed by atoms with Crippen molar-refractivity contribution in [3.05, 3.63) is 105 Å². The minimum Gasteiger partial charge on any atom is -0.267 e. The maximum Gasteiger partial charge on any atom is 0.282 e. The van der Waals surface area contributed by atoms with Gasteiger partial charge in [0.25, 0.3) is 17.5 Å². The molecule has 0 aliphatic heterocycles. The van der Waals surface area contributed by atoms with Gasteiger partial charge in [0.15, 0.2) is 0 Å². The van der Waals surface area contributed by atoms with E-state index in [2.05, 4.69) is 10.9 Å². The van der Waals surface area contributed by atoms with Crippen molar-refractivity contribution in [3.8, 4) is 0 Å². The summed E-state index contributed by atoms with van der Waals surface area (Å²) in [6.45, 7) is 0. The number of nitro groups is 1. The number of amides is 2. The number of halogens is 1. The van der Waals surface area contributed by atoms with Gasteiger partial charge < -0.3 is 0 Å². The fourth-order valence-electron chi connectivity index (χ4n) is 2.53. The maximum atomic E-state index is 12.2. The van der Waals surface area contributed by atoms with Crippen LogP contribution >= 0.6 is 23.4 Å². The van der Waals surface area contributed by atoms with Crippen LogP contribution in [0.4, 0.5) is 5.69 Å². The van der Waals surface area contributed by atoms with Crippen molar-refractivity contribution in [2.24, 2.45) is 0 Å². The summed E-state index contributed by atoms with van der Waals surface area (Å²) in [5.74, 6) is -0.580. The summed E-state index contributed by atoms with van der Waals surface area (Å²) in [5.41, 5.74) is 5.35. The SMILES string of the molecule is O=C(NNC(=O)c1ccccc1[N+](=O)[O-])c1ccc(CSc2ccc(Cl)cc2)cc1. The molecule has 9 heteroatoms. The molecule has 0 aliphatic rings. The number of hydrazine groups is 1. The Morgan fingerprint density at radius 2 is 1.53 bits per heavy atom. The molecule has 0 bridgehead atoms. The van der Waals surface area contributed by atoms with Gasteiger partial charge >= 0.3 is 0 Å². The van der Waals surface area contributed by atoms with Crippen molar-refractivity contribution < 1.29 is 14.5 Å². The zero-order valence-electron chi connectivity index (χ0n) is 15.5. The van der Waals surface area contributed by atoms with Gasteiger partial charge in [-0.2, -0.15) is 0 Å². The van der Waals surface area contributed by atoms with Gasteiger partial charge in [-0.3, -0.25) is 30.6 Å². The molecule has 0 saturated heterocycles. The summed E-state index contributed by atoms with van der Waals surface area (Å²) in [6, 6.07) is 20.0. The first-order valence-electron chi connectivity index (χ1n) is 8.75. The monoisotopic (exact) mass is 441 g/mol. The zero-order valence-corrected chi connectivity index (χ0v) is 17.1. The van der Waals surface area contributed by atoms with E-state index in [1.54, 1.807) is 23.9 Å². The average molecular weight is 442 g/mol. The Labute approximate surface area is 181 Å². The molecule has 0 fully saturated rings. The minimum atomic E-state index is -0.772. The van der Waals surface area contributed by atoms with Gasteiger partial charge in [-0.15, -0.1) is 11.8 Å². The van der Waals surface area contributed by atoms with Crippen LogP contribution < -0.4 is 10.9 Å². The number of nitrogens with zero attached hydrogens (tertiary/aromatic N) is 1. The number of nitro benzene ring substituents is 1. The van der Waals surface area contributed by atoms with Crippen LogP contribution in [-0.2, 0) is 5.75 Å². The van der Waals surface area contributed by atoms with Crippen LogP contribution in [0.3, 0.4) is 0 Å². The predicted octanol–water partition coefficient (Wildman–Crippen LogP) is 4.62. The van der Waals surface area contributed by atoms with Crippen molar-refractivity contribution in [1.29, 1.82) is 0 Å². The van der Waals surface area contributed by atoms with Gasteiger partial charge in [0, 0.05) is 27.3 Å². The number of carbonyl (C=O) groups excluding carboxylic acids is 2. The molecule has 3 rings (SSSR count). The van der Waals surface area contributed by atoms with E-state index in [0.717, 1.165) is 16.2 Å². The number of hydrogen-bond donors (Lipinski definition) is 2. The van der Waals surface area contributed by atoms with Crippen LogP contribution in [0, 0.1) is 10.1 Å². The molecule has 30 heavy (non-hydrogen) atoms. The van der Waals surface area contributed by atoms with Crippen molar-refractivity contribution in [1.82, 2.24) is 10.9 Å². The summed E-state index contributed by atoms with van der Waals surface area (Å²) in [5, 5.41) is 11.7. The van der Waals surface area contributed by atoms with E-state index in [9.17, 15) is 19.7 Å². The lowest BCUT2D eigenvalue weighted by atomic mass is 10.1. The molecule has 7 nitrogen and oxygen atoms in total. The van der Waals surface area contributed by atoms with Gasteiger partial charge in [0.05, 0.1) is 4.92 Å². The van der Waals surface area contributed by atoms with Crippen LogP contribution in [-0.4, -0.2) is 16.7 Å². The molecule has 3 aromatic carbocycles. The lowest BCUT2D eigenvalue weighted by Crippen LogP contribution is -2.41. The molecule has 0 heterocycles. The topological polar surface area (TPSA) is 101 Å². The molecule has 2 amide bonds. The van der Waals surface area contributed by atoms with Crippen LogP contribution in [0.15, 0.2) is 77.7 Å². The molecule has 2 N–H and O–H groups in total. The first-order chi connectivity index (χ1) is 14.4. The number of rotatable bonds is 6. The first-order valence-corrected chi connectivity index (χ1v) is 10.1. The normalized spacial score (nSPS) is 10.3. The first kappa shape index (κ1) is 21.4. The van der Waals surface area contributed by atoms with Crippen molar-refractivity contribution in [3.63, 3.8) is 0 Å². The van der Waals surface area contributed by atoms with E-state index >= 15 is 0 Å². The second-order valence-electron chi connectivity index (χ2n) is 6.12. The molecule has 0 saturated carbocycles. The molecular formula is C21H16ClN3O4S. The highest BCUT2D eigenvalue weighted by Gasteiger charge is 2.19. The van der Waals surface area contributed by atoms with E-state index in [1.165, 1.54) is 24.3 Å². The van der Waals surface area contributed by atoms with E-state index in [-0.39, 0.29) is 11.3 Å². The summed E-state index contributed by atoms with van der Waals surface area (Å²) in [7, 11) is 0. The lowest BCUT2D eigenvalue weighted by Gasteiger charge is -2.08. The molecule has 0 atom stereocenters. The fraction of sp³-hybridized carbons (Fsp3) is 0.0476. The van der Waals surface area contributed by atoms with Gasteiger partial charge in [-0.25, -0.2) is 0 Å². The summed E-state index contributed by atoms with van der Waals surface area (Å²) in [6.07, 6.45) is 0. The molecule has 0 spiro atoms. The quantitative estimate of drug-likeness (QED) is 0.330. The van der Waals surface area contributed by atoms with E-state index in [0.29, 0.717) is 10.6 Å². The Morgan fingerprint density at radius 1 is 0.900 bits per heavy atom. The van der Waals surface area contributed by atoms with Gasteiger partial charge in [-0.1, -0.05) is 35.9 Å². The Morgan fingerprint density at radius 3 is 2.20 bits per heavy atom. The van der Waals surface area contributed by atoms with Crippen LogP contribution in [0.1, 0.15) is 26.3 Å². The third kappa shape index (κ3) is 5.59. The Kier molecular flexibility index (Phi) is 7.05. The largest absolute Gasteiger partial charge is 0.282 e. The van der Waals surface area contributed by atoms with Crippen molar-refractivity contribution >= 4 is 40.9 Å². The van der Waals surface area contributed by atoms with Gasteiger partial charge in [0.2, 0.25) is 0 Å².